The molecule has 0 amide bonds. The van der Waals surface area contributed by atoms with Crippen molar-refractivity contribution in [1.29, 1.82) is 0 Å². The fraction of sp³-hybridized carbons (Fsp3) is 0.571. The van der Waals surface area contributed by atoms with Gasteiger partial charge in [-0.2, -0.15) is 0 Å². The molecule has 1 heterocycles. The van der Waals surface area contributed by atoms with Gasteiger partial charge in [0.25, 0.3) is 0 Å². The van der Waals surface area contributed by atoms with Crippen LogP contribution in [0.2, 0.25) is 0 Å². The van der Waals surface area contributed by atoms with Crippen LogP contribution in [0.25, 0.3) is 0 Å². The van der Waals surface area contributed by atoms with Gasteiger partial charge < -0.3 is 20.3 Å². The quantitative estimate of drug-likeness (QED) is 0.834. The lowest BCUT2D eigenvalue weighted by Crippen LogP contribution is -2.60. The second-order valence-electron chi connectivity index (χ2n) is 5.10. The molecule has 100 valence electrons. The minimum absolute atomic E-state index is 0.0560. The summed E-state index contributed by atoms with van der Waals surface area (Å²) in [5.41, 5.74) is 9.07. The SMILES string of the molecule is COc1c(C)cc(C)cc1C1(C(N)CO)COC1. The molecule has 4 nitrogen and oxygen atoms in total. The van der Waals surface area contributed by atoms with E-state index in [0.717, 1.165) is 16.9 Å². The Labute approximate surface area is 108 Å². The van der Waals surface area contributed by atoms with Crippen molar-refractivity contribution < 1.29 is 14.6 Å². The van der Waals surface area contributed by atoms with Gasteiger partial charge in [-0.1, -0.05) is 17.7 Å². The molecule has 0 bridgehead atoms. The molecular formula is C14H21NO3. The van der Waals surface area contributed by atoms with Crippen molar-refractivity contribution in [3.63, 3.8) is 0 Å². The number of methoxy groups -OCH3 is 1. The number of benzene rings is 1. The molecule has 1 aliphatic heterocycles. The molecule has 0 spiro atoms. The highest BCUT2D eigenvalue weighted by Gasteiger charge is 2.47. The normalized spacial score (nSPS) is 19.2. The van der Waals surface area contributed by atoms with Crippen LogP contribution in [0.15, 0.2) is 12.1 Å². The van der Waals surface area contributed by atoms with Crippen molar-refractivity contribution >= 4 is 0 Å². The third kappa shape index (κ3) is 1.90. The summed E-state index contributed by atoms with van der Waals surface area (Å²) >= 11 is 0. The van der Waals surface area contributed by atoms with Crippen LogP contribution in [0.4, 0.5) is 0 Å². The van der Waals surface area contributed by atoms with Crippen molar-refractivity contribution in [1.82, 2.24) is 0 Å². The van der Waals surface area contributed by atoms with E-state index in [0.29, 0.717) is 13.2 Å². The maximum absolute atomic E-state index is 9.38. The Morgan fingerprint density at radius 1 is 1.44 bits per heavy atom. The highest BCUT2D eigenvalue weighted by Crippen LogP contribution is 2.42. The summed E-state index contributed by atoms with van der Waals surface area (Å²) < 4.78 is 10.9. The minimum Gasteiger partial charge on any atom is -0.496 e. The summed E-state index contributed by atoms with van der Waals surface area (Å²) in [6.07, 6.45) is 0. The molecule has 1 aromatic rings. The molecule has 1 fully saturated rings. The Hall–Kier alpha value is -1.10. The molecule has 2 rings (SSSR count). The molecule has 1 aromatic carbocycles. The topological polar surface area (TPSA) is 64.7 Å². The van der Waals surface area contributed by atoms with Gasteiger partial charge in [-0.05, 0) is 19.4 Å². The molecule has 1 saturated heterocycles. The first-order valence-electron chi connectivity index (χ1n) is 6.15. The summed E-state index contributed by atoms with van der Waals surface area (Å²) in [6, 6.07) is 3.84. The lowest BCUT2D eigenvalue weighted by atomic mass is 9.71. The van der Waals surface area contributed by atoms with E-state index >= 15 is 0 Å². The van der Waals surface area contributed by atoms with Crippen molar-refractivity contribution in [2.45, 2.75) is 25.3 Å². The van der Waals surface area contributed by atoms with E-state index < -0.39 is 0 Å². The fourth-order valence-corrected chi connectivity index (χ4v) is 2.66. The van der Waals surface area contributed by atoms with Crippen molar-refractivity contribution in [2.75, 3.05) is 26.9 Å². The van der Waals surface area contributed by atoms with Crippen LogP contribution in [0, 0.1) is 13.8 Å². The van der Waals surface area contributed by atoms with Crippen LogP contribution in [-0.2, 0) is 10.2 Å². The maximum Gasteiger partial charge on any atom is 0.125 e. The zero-order valence-corrected chi connectivity index (χ0v) is 11.2. The number of rotatable bonds is 4. The van der Waals surface area contributed by atoms with Gasteiger partial charge in [0.2, 0.25) is 0 Å². The van der Waals surface area contributed by atoms with E-state index in [1.54, 1.807) is 7.11 Å². The van der Waals surface area contributed by atoms with E-state index in [4.69, 9.17) is 15.2 Å². The van der Waals surface area contributed by atoms with E-state index in [2.05, 4.69) is 12.1 Å². The van der Waals surface area contributed by atoms with Crippen molar-refractivity contribution in [2.24, 2.45) is 5.73 Å². The molecule has 3 N–H and O–H groups in total. The molecular weight excluding hydrogens is 230 g/mol. The standard InChI is InChI=1S/C14H21NO3/c1-9-4-10(2)13(17-3)11(5-9)14(7-18-8-14)12(15)6-16/h4-5,12,16H,6-8,15H2,1-3H3. The second kappa shape index (κ2) is 4.88. The average Bonchev–Trinajstić information content (AvgIpc) is 2.26. The molecule has 0 aromatic heterocycles. The van der Waals surface area contributed by atoms with Crippen LogP contribution in [-0.4, -0.2) is 38.1 Å². The van der Waals surface area contributed by atoms with E-state index in [1.165, 1.54) is 5.56 Å². The highest BCUT2D eigenvalue weighted by atomic mass is 16.5. The summed E-state index contributed by atoms with van der Waals surface area (Å²) in [5.74, 6) is 0.854. The van der Waals surface area contributed by atoms with E-state index in [-0.39, 0.29) is 18.1 Å². The van der Waals surface area contributed by atoms with Crippen LogP contribution in [0.1, 0.15) is 16.7 Å². The van der Waals surface area contributed by atoms with Gasteiger partial charge in [-0.15, -0.1) is 0 Å². The number of aryl methyl sites for hydroxylation is 2. The Kier molecular flexibility index (Phi) is 3.61. The third-order valence-corrected chi connectivity index (χ3v) is 3.79. The van der Waals surface area contributed by atoms with Gasteiger partial charge in [0.05, 0.1) is 32.3 Å². The number of ether oxygens (including phenoxy) is 2. The average molecular weight is 251 g/mol. The Bertz CT molecular complexity index is 441. The van der Waals surface area contributed by atoms with Crippen LogP contribution in [0.5, 0.6) is 5.75 Å². The predicted octanol–water partition coefficient (Wildman–Crippen LogP) is 0.900. The molecule has 18 heavy (non-hydrogen) atoms. The first kappa shape index (κ1) is 13.3. The number of nitrogens with two attached hydrogens (primary N) is 1. The summed E-state index contributed by atoms with van der Waals surface area (Å²) in [5, 5.41) is 9.38. The Balaban J connectivity index is 2.54. The molecule has 0 saturated carbocycles. The largest absolute Gasteiger partial charge is 0.496 e. The number of aliphatic hydroxyl groups excluding tert-OH is 1. The van der Waals surface area contributed by atoms with Gasteiger partial charge in [0.15, 0.2) is 0 Å². The van der Waals surface area contributed by atoms with Gasteiger partial charge in [0.1, 0.15) is 5.75 Å². The highest BCUT2D eigenvalue weighted by molar-refractivity contribution is 5.50. The molecule has 4 heteroatoms. The molecule has 1 unspecified atom stereocenters. The Morgan fingerprint density at radius 3 is 2.56 bits per heavy atom. The molecule has 1 aliphatic rings. The van der Waals surface area contributed by atoms with Gasteiger partial charge >= 0.3 is 0 Å². The van der Waals surface area contributed by atoms with E-state index in [9.17, 15) is 5.11 Å². The minimum atomic E-state index is -0.332. The van der Waals surface area contributed by atoms with Gasteiger partial charge in [-0.25, -0.2) is 0 Å². The third-order valence-electron chi connectivity index (χ3n) is 3.79. The Morgan fingerprint density at radius 2 is 2.11 bits per heavy atom. The first-order valence-corrected chi connectivity index (χ1v) is 6.15. The van der Waals surface area contributed by atoms with Gasteiger partial charge in [0, 0.05) is 11.6 Å². The van der Waals surface area contributed by atoms with Crippen molar-refractivity contribution in [3.8, 4) is 5.75 Å². The van der Waals surface area contributed by atoms with Crippen LogP contribution < -0.4 is 10.5 Å². The molecule has 0 aliphatic carbocycles. The lowest BCUT2D eigenvalue weighted by molar-refractivity contribution is -0.0807. The lowest BCUT2D eigenvalue weighted by Gasteiger charge is -2.46. The zero-order chi connectivity index (χ0) is 13.3. The number of hydrogen-bond acceptors (Lipinski definition) is 4. The van der Waals surface area contributed by atoms with Crippen LogP contribution in [0.3, 0.4) is 0 Å². The monoisotopic (exact) mass is 251 g/mol. The fourth-order valence-electron chi connectivity index (χ4n) is 2.66. The first-order chi connectivity index (χ1) is 8.55. The summed E-state index contributed by atoms with van der Waals surface area (Å²) in [6.45, 7) is 5.09. The smallest absolute Gasteiger partial charge is 0.125 e. The summed E-state index contributed by atoms with van der Waals surface area (Å²) in [4.78, 5) is 0. The maximum atomic E-state index is 9.38. The van der Waals surface area contributed by atoms with Crippen LogP contribution >= 0.6 is 0 Å². The molecule has 1 atom stereocenters. The zero-order valence-electron chi connectivity index (χ0n) is 11.2. The second-order valence-corrected chi connectivity index (χ2v) is 5.10. The van der Waals surface area contributed by atoms with Gasteiger partial charge in [-0.3, -0.25) is 0 Å². The van der Waals surface area contributed by atoms with Crippen molar-refractivity contribution in [3.05, 3.63) is 28.8 Å². The predicted molar refractivity (Wildman–Crippen MR) is 70.0 cm³/mol. The summed E-state index contributed by atoms with van der Waals surface area (Å²) in [7, 11) is 1.67. The number of aliphatic hydroxyl groups is 1. The number of hydrogen-bond donors (Lipinski definition) is 2. The molecule has 0 radical (unpaired) electrons. The van der Waals surface area contributed by atoms with E-state index in [1.807, 2.05) is 13.8 Å².